The van der Waals surface area contributed by atoms with Crippen LogP contribution in [0.3, 0.4) is 0 Å². The molecule has 3 unspecified atom stereocenters. The molecular weight excluding hydrogens is 302 g/mol. The Balaban J connectivity index is 1.72. The van der Waals surface area contributed by atoms with Crippen LogP contribution in [-0.2, 0) is 9.53 Å². The molecule has 0 radical (unpaired) electrons. The van der Waals surface area contributed by atoms with Crippen molar-refractivity contribution in [2.75, 3.05) is 32.7 Å². The first-order valence-electron chi connectivity index (χ1n) is 9.78. The number of carbonyl (C=O) groups is 1. The Morgan fingerprint density at radius 1 is 1.21 bits per heavy atom. The van der Waals surface area contributed by atoms with E-state index in [2.05, 4.69) is 25.7 Å². The summed E-state index contributed by atoms with van der Waals surface area (Å²) in [6, 6.07) is 0. The molecule has 5 nitrogen and oxygen atoms in total. The highest BCUT2D eigenvalue weighted by atomic mass is 16.5. The molecule has 24 heavy (non-hydrogen) atoms. The van der Waals surface area contributed by atoms with Gasteiger partial charge in [-0.05, 0) is 58.9 Å². The summed E-state index contributed by atoms with van der Waals surface area (Å²) in [7, 11) is 0. The normalized spacial score (nSPS) is 29.5. The van der Waals surface area contributed by atoms with E-state index in [0.717, 1.165) is 64.3 Å². The van der Waals surface area contributed by atoms with E-state index in [4.69, 9.17) is 10.5 Å². The van der Waals surface area contributed by atoms with E-state index in [0.29, 0.717) is 12.2 Å². The second-order valence-corrected chi connectivity index (χ2v) is 8.21. The van der Waals surface area contributed by atoms with Crippen LogP contribution in [0.2, 0.25) is 0 Å². The molecule has 0 aromatic carbocycles. The third kappa shape index (κ3) is 5.43. The van der Waals surface area contributed by atoms with Gasteiger partial charge in [-0.2, -0.15) is 0 Å². The SMILES string of the molecule is CCCC(C)(N)C(=O)N1CCC(CCN2CC(C)OC(C)C2)CC1. The summed E-state index contributed by atoms with van der Waals surface area (Å²) < 4.78 is 5.80. The minimum atomic E-state index is -0.693. The lowest BCUT2D eigenvalue weighted by Gasteiger charge is -2.39. The molecule has 0 aliphatic carbocycles. The molecule has 2 N–H and O–H groups in total. The van der Waals surface area contributed by atoms with Crippen LogP contribution < -0.4 is 5.73 Å². The van der Waals surface area contributed by atoms with Crippen LogP contribution in [0.25, 0.3) is 0 Å². The van der Waals surface area contributed by atoms with Crippen molar-refractivity contribution in [2.45, 2.75) is 77.5 Å². The molecule has 0 aromatic rings. The van der Waals surface area contributed by atoms with E-state index >= 15 is 0 Å². The number of rotatable bonds is 6. The number of piperidine rings is 1. The van der Waals surface area contributed by atoms with E-state index < -0.39 is 5.54 Å². The van der Waals surface area contributed by atoms with Crippen molar-refractivity contribution < 1.29 is 9.53 Å². The fraction of sp³-hybridized carbons (Fsp3) is 0.947. The first-order chi connectivity index (χ1) is 11.3. The second kappa shape index (κ2) is 8.63. The molecule has 3 atom stereocenters. The van der Waals surface area contributed by atoms with Gasteiger partial charge in [0.25, 0.3) is 0 Å². The van der Waals surface area contributed by atoms with Crippen LogP contribution in [0.1, 0.15) is 59.8 Å². The molecule has 2 rings (SSSR count). The summed E-state index contributed by atoms with van der Waals surface area (Å²) in [5.41, 5.74) is 5.52. The number of morpholine rings is 1. The summed E-state index contributed by atoms with van der Waals surface area (Å²) in [5.74, 6) is 0.872. The van der Waals surface area contributed by atoms with Crippen LogP contribution in [0.15, 0.2) is 0 Å². The summed E-state index contributed by atoms with van der Waals surface area (Å²) in [6.45, 7) is 13.3. The van der Waals surface area contributed by atoms with Crippen molar-refractivity contribution in [3.63, 3.8) is 0 Å². The van der Waals surface area contributed by atoms with Crippen LogP contribution in [0.4, 0.5) is 0 Å². The Labute approximate surface area is 147 Å². The predicted octanol–water partition coefficient (Wildman–Crippen LogP) is 2.24. The van der Waals surface area contributed by atoms with Crippen LogP contribution in [0.5, 0.6) is 0 Å². The molecule has 5 heteroatoms. The Hall–Kier alpha value is -0.650. The molecule has 2 heterocycles. The zero-order valence-corrected chi connectivity index (χ0v) is 16.1. The van der Waals surface area contributed by atoms with Crippen molar-refractivity contribution >= 4 is 5.91 Å². The van der Waals surface area contributed by atoms with Gasteiger partial charge in [0.05, 0.1) is 17.7 Å². The summed E-state index contributed by atoms with van der Waals surface area (Å²) in [6.07, 6.45) is 5.86. The zero-order valence-electron chi connectivity index (χ0n) is 16.1. The number of amides is 1. The molecule has 2 fully saturated rings. The lowest BCUT2D eigenvalue weighted by Crippen LogP contribution is -2.55. The van der Waals surface area contributed by atoms with Gasteiger partial charge in [0, 0.05) is 26.2 Å². The fourth-order valence-corrected chi connectivity index (χ4v) is 4.24. The third-order valence-electron chi connectivity index (χ3n) is 5.51. The van der Waals surface area contributed by atoms with Crippen molar-refractivity contribution in [3.8, 4) is 0 Å². The van der Waals surface area contributed by atoms with Crippen molar-refractivity contribution in [1.29, 1.82) is 0 Å². The van der Waals surface area contributed by atoms with E-state index in [1.807, 2.05) is 11.8 Å². The maximum absolute atomic E-state index is 12.6. The highest BCUT2D eigenvalue weighted by Gasteiger charge is 2.34. The predicted molar refractivity (Wildman–Crippen MR) is 97.9 cm³/mol. The van der Waals surface area contributed by atoms with Crippen molar-refractivity contribution in [2.24, 2.45) is 11.7 Å². The van der Waals surface area contributed by atoms with Crippen molar-refractivity contribution in [1.82, 2.24) is 9.80 Å². The van der Waals surface area contributed by atoms with Crippen LogP contribution in [0, 0.1) is 5.92 Å². The Morgan fingerprint density at radius 2 is 1.79 bits per heavy atom. The first kappa shape index (κ1) is 19.7. The molecule has 2 aliphatic heterocycles. The second-order valence-electron chi connectivity index (χ2n) is 8.21. The van der Waals surface area contributed by atoms with Gasteiger partial charge in [-0.15, -0.1) is 0 Å². The monoisotopic (exact) mass is 339 g/mol. The zero-order chi connectivity index (χ0) is 17.7. The quantitative estimate of drug-likeness (QED) is 0.806. The van der Waals surface area contributed by atoms with E-state index in [-0.39, 0.29) is 5.91 Å². The molecule has 0 bridgehead atoms. The molecule has 2 saturated heterocycles. The fourth-order valence-electron chi connectivity index (χ4n) is 4.24. The van der Waals surface area contributed by atoms with E-state index in [1.165, 1.54) is 6.42 Å². The molecule has 0 spiro atoms. The highest BCUT2D eigenvalue weighted by molar-refractivity contribution is 5.85. The molecule has 0 saturated carbocycles. The number of ether oxygens (including phenoxy) is 1. The molecular formula is C19H37N3O2. The van der Waals surface area contributed by atoms with Gasteiger partial charge in [-0.3, -0.25) is 9.69 Å². The molecule has 0 aromatic heterocycles. The minimum Gasteiger partial charge on any atom is -0.373 e. The van der Waals surface area contributed by atoms with E-state index in [1.54, 1.807) is 0 Å². The number of carbonyl (C=O) groups excluding carboxylic acids is 1. The van der Waals surface area contributed by atoms with Gasteiger partial charge in [-0.25, -0.2) is 0 Å². The number of nitrogens with zero attached hydrogens (tertiary/aromatic N) is 2. The standard InChI is InChI=1S/C19H37N3O2/c1-5-9-19(4,20)18(23)22-11-7-17(8-12-22)6-10-21-13-15(2)24-16(3)14-21/h15-17H,5-14,20H2,1-4H3. The Bertz CT molecular complexity index is 395. The van der Waals surface area contributed by atoms with Gasteiger partial charge < -0.3 is 15.4 Å². The topological polar surface area (TPSA) is 58.8 Å². The maximum atomic E-state index is 12.6. The third-order valence-corrected chi connectivity index (χ3v) is 5.51. The Kier molecular flexibility index (Phi) is 7.08. The minimum absolute atomic E-state index is 0.138. The lowest BCUT2D eigenvalue weighted by atomic mass is 9.90. The largest absolute Gasteiger partial charge is 0.373 e. The maximum Gasteiger partial charge on any atom is 0.242 e. The van der Waals surface area contributed by atoms with Crippen LogP contribution in [-0.4, -0.2) is 66.2 Å². The molecule has 1 amide bonds. The molecule has 140 valence electrons. The lowest BCUT2D eigenvalue weighted by molar-refractivity contribution is -0.138. The number of nitrogens with two attached hydrogens (primary N) is 1. The highest BCUT2D eigenvalue weighted by Crippen LogP contribution is 2.24. The summed E-state index contributed by atoms with van der Waals surface area (Å²) in [4.78, 5) is 17.1. The van der Waals surface area contributed by atoms with Gasteiger partial charge in [0.1, 0.15) is 0 Å². The van der Waals surface area contributed by atoms with Gasteiger partial charge in [-0.1, -0.05) is 13.3 Å². The smallest absolute Gasteiger partial charge is 0.242 e. The average Bonchev–Trinajstić information content (AvgIpc) is 2.52. The van der Waals surface area contributed by atoms with Crippen molar-refractivity contribution in [3.05, 3.63) is 0 Å². The van der Waals surface area contributed by atoms with Gasteiger partial charge in [0.15, 0.2) is 0 Å². The molecule has 2 aliphatic rings. The summed E-state index contributed by atoms with van der Waals surface area (Å²) in [5, 5.41) is 0. The number of hydrogen-bond donors (Lipinski definition) is 1. The number of hydrogen-bond acceptors (Lipinski definition) is 4. The van der Waals surface area contributed by atoms with Gasteiger partial charge in [0.2, 0.25) is 5.91 Å². The van der Waals surface area contributed by atoms with Gasteiger partial charge >= 0.3 is 0 Å². The Morgan fingerprint density at radius 3 is 2.33 bits per heavy atom. The number of likely N-dealkylation sites (tertiary alicyclic amines) is 1. The van der Waals surface area contributed by atoms with E-state index in [9.17, 15) is 4.79 Å². The first-order valence-corrected chi connectivity index (χ1v) is 9.78. The average molecular weight is 340 g/mol. The summed E-state index contributed by atoms with van der Waals surface area (Å²) >= 11 is 0. The van der Waals surface area contributed by atoms with Crippen LogP contribution >= 0.6 is 0 Å².